The summed E-state index contributed by atoms with van der Waals surface area (Å²) in [5, 5.41) is 3.54. The van der Waals surface area contributed by atoms with Gasteiger partial charge in [0.1, 0.15) is 11.9 Å². The van der Waals surface area contributed by atoms with Crippen molar-refractivity contribution in [2.45, 2.75) is 32.4 Å². The lowest BCUT2D eigenvalue weighted by Gasteiger charge is -2.24. The summed E-state index contributed by atoms with van der Waals surface area (Å²) in [6.45, 7) is 3.19. The van der Waals surface area contributed by atoms with E-state index in [9.17, 15) is 0 Å². The van der Waals surface area contributed by atoms with Crippen LogP contribution in [0, 0.1) is 0 Å². The number of hydrogen-bond acceptors (Lipinski definition) is 4. The molecule has 0 saturated heterocycles. The number of fused-ring (bicyclic) bond motifs is 1. The normalized spacial score (nSPS) is 16.6. The molecule has 0 fully saturated rings. The van der Waals surface area contributed by atoms with E-state index in [1.807, 2.05) is 30.5 Å². The first-order chi connectivity index (χ1) is 11.3. The molecule has 1 aromatic heterocycles. The maximum atomic E-state index is 5.38. The summed E-state index contributed by atoms with van der Waals surface area (Å²) in [4.78, 5) is 9.41. The molecule has 2 aromatic rings. The molecule has 0 aliphatic carbocycles. The van der Waals surface area contributed by atoms with Gasteiger partial charge in [0.05, 0.1) is 18.5 Å². The van der Waals surface area contributed by atoms with Gasteiger partial charge >= 0.3 is 0 Å². The SMILES string of the molecule is CCCCN[C@H]1Cc2cc(OC)ccc2C(c2ccccn2)=N1. The Morgan fingerprint density at radius 1 is 1.26 bits per heavy atom. The maximum absolute atomic E-state index is 5.38. The zero-order valence-electron chi connectivity index (χ0n) is 13.7. The number of unbranched alkanes of at least 4 members (excludes halogenated alkanes) is 1. The molecule has 1 aliphatic heterocycles. The minimum atomic E-state index is 0.0955. The molecule has 0 amide bonds. The number of aliphatic imine (C=N–C) groups is 1. The number of nitrogens with zero attached hydrogens (tertiary/aromatic N) is 2. The number of hydrogen-bond donors (Lipinski definition) is 1. The highest BCUT2D eigenvalue weighted by molar-refractivity contribution is 6.13. The summed E-state index contributed by atoms with van der Waals surface area (Å²) in [5.74, 6) is 0.887. The predicted molar refractivity (Wildman–Crippen MR) is 93.3 cm³/mol. The zero-order chi connectivity index (χ0) is 16.1. The highest BCUT2D eigenvalue weighted by atomic mass is 16.5. The van der Waals surface area contributed by atoms with Crippen LogP contribution in [0.15, 0.2) is 47.6 Å². The van der Waals surface area contributed by atoms with Gasteiger partial charge in [-0.25, -0.2) is 0 Å². The lowest BCUT2D eigenvalue weighted by Crippen LogP contribution is -2.35. The highest BCUT2D eigenvalue weighted by Gasteiger charge is 2.22. The Morgan fingerprint density at radius 3 is 2.91 bits per heavy atom. The number of aromatic nitrogens is 1. The summed E-state index contributed by atoms with van der Waals surface area (Å²) in [6, 6.07) is 12.1. The van der Waals surface area contributed by atoms with E-state index in [0.717, 1.165) is 42.1 Å². The van der Waals surface area contributed by atoms with Gasteiger partial charge in [0.25, 0.3) is 0 Å². The van der Waals surface area contributed by atoms with E-state index in [0.29, 0.717) is 0 Å². The first-order valence-electron chi connectivity index (χ1n) is 8.21. The topological polar surface area (TPSA) is 46.5 Å². The van der Waals surface area contributed by atoms with Crippen molar-refractivity contribution in [3.8, 4) is 5.75 Å². The third kappa shape index (κ3) is 3.59. The third-order valence-corrected chi connectivity index (χ3v) is 4.08. The van der Waals surface area contributed by atoms with E-state index in [-0.39, 0.29) is 6.17 Å². The van der Waals surface area contributed by atoms with Gasteiger partial charge in [-0.3, -0.25) is 15.3 Å². The molecule has 4 nitrogen and oxygen atoms in total. The minimum absolute atomic E-state index is 0.0955. The number of pyridine rings is 1. The molecule has 1 aliphatic rings. The fraction of sp³-hybridized carbons (Fsp3) is 0.368. The molecule has 0 bridgehead atoms. The maximum Gasteiger partial charge on any atom is 0.119 e. The van der Waals surface area contributed by atoms with E-state index in [4.69, 9.17) is 9.73 Å². The van der Waals surface area contributed by atoms with Gasteiger partial charge in [0.2, 0.25) is 0 Å². The Bertz CT molecular complexity index is 682. The van der Waals surface area contributed by atoms with Crippen LogP contribution in [-0.4, -0.2) is 30.5 Å². The van der Waals surface area contributed by atoms with Crippen LogP contribution < -0.4 is 10.1 Å². The molecule has 0 spiro atoms. The molecule has 2 heterocycles. The molecule has 1 aromatic carbocycles. The Morgan fingerprint density at radius 2 is 2.17 bits per heavy atom. The van der Waals surface area contributed by atoms with E-state index < -0.39 is 0 Å². The molecule has 4 heteroatoms. The largest absolute Gasteiger partial charge is 0.497 e. The molecule has 1 N–H and O–H groups in total. The van der Waals surface area contributed by atoms with Gasteiger partial charge < -0.3 is 4.74 Å². The average molecular weight is 309 g/mol. The van der Waals surface area contributed by atoms with Gasteiger partial charge in [-0.05, 0) is 48.9 Å². The average Bonchev–Trinajstić information content (AvgIpc) is 2.61. The second-order valence-electron chi connectivity index (χ2n) is 5.74. The molecular formula is C19H23N3O. The van der Waals surface area contributed by atoms with E-state index in [1.54, 1.807) is 7.11 Å². The molecule has 120 valence electrons. The summed E-state index contributed by atoms with van der Waals surface area (Å²) in [5.41, 5.74) is 4.29. The quantitative estimate of drug-likeness (QED) is 0.834. The van der Waals surface area contributed by atoms with Gasteiger partial charge in [-0.15, -0.1) is 0 Å². The number of methoxy groups -OCH3 is 1. The summed E-state index contributed by atoms with van der Waals surface area (Å²) >= 11 is 0. The molecule has 3 rings (SSSR count). The highest BCUT2D eigenvalue weighted by Crippen LogP contribution is 2.26. The second-order valence-corrected chi connectivity index (χ2v) is 5.74. The summed E-state index contributed by atoms with van der Waals surface area (Å²) < 4.78 is 5.38. The van der Waals surface area contributed by atoms with Crippen LogP contribution in [0.1, 0.15) is 36.6 Å². The first kappa shape index (κ1) is 15.7. The van der Waals surface area contributed by atoms with Crippen LogP contribution in [0.2, 0.25) is 0 Å². The Balaban J connectivity index is 1.96. The Hall–Kier alpha value is -2.20. The minimum Gasteiger partial charge on any atom is -0.497 e. The van der Waals surface area contributed by atoms with E-state index >= 15 is 0 Å². The molecule has 0 saturated carbocycles. The van der Waals surface area contributed by atoms with Crippen LogP contribution in [0.5, 0.6) is 5.75 Å². The lowest BCUT2D eigenvalue weighted by atomic mass is 9.94. The number of benzene rings is 1. The second kappa shape index (κ2) is 7.38. The monoisotopic (exact) mass is 309 g/mol. The fourth-order valence-corrected chi connectivity index (χ4v) is 2.85. The summed E-state index contributed by atoms with van der Waals surface area (Å²) in [6.07, 6.45) is 5.14. The van der Waals surface area contributed by atoms with Gasteiger partial charge in [-0.1, -0.05) is 19.4 Å². The number of nitrogens with one attached hydrogen (secondary N) is 1. The number of ether oxygens (including phenoxy) is 1. The van der Waals surface area contributed by atoms with Crippen molar-refractivity contribution in [1.82, 2.24) is 10.3 Å². The van der Waals surface area contributed by atoms with Crippen molar-refractivity contribution in [1.29, 1.82) is 0 Å². The van der Waals surface area contributed by atoms with Crippen molar-refractivity contribution in [3.63, 3.8) is 0 Å². The summed E-state index contributed by atoms with van der Waals surface area (Å²) in [7, 11) is 1.70. The first-order valence-corrected chi connectivity index (χ1v) is 8.21. The standard InChI is InChI=1S/C19H23N3O/c1-3-4-10-21-18-13-14-12-15(23-2)8-9-16(14)19(22-18)17-7-5-6-11-20-17/h5-9,11-12,18,21H,3-4,10,13H2,1-2H3/t18-/m1/s1. The lowest BCUT2D eigenvalue weighted by molar-refractivity contribution is 0.413. The van der Waals surface area contributed by atoms with E-state index in [2.05, 4.69) is 29.4 Å². The Kier molecular flexibility index (Phi) is 5.03. The number of rotatable bonds is 6. The molecule has 0 radical (unpaired) electrons. The van der Waals surface area contributed by atoms with E-state index in [1.165, 1.54) is 12.0 Å². The van der Waals surface area contributed by atoms with Crippen molar-refractivity contribution in [2.75, 3.05) is 13.7 Å². The van der Waals surface area contributed by atoms with Crippen LogP contribution in [0.3, 0.4) is 0 Å². The third-order valence-electron chi connectivity index (χ3n) is 4.08. The van der Waals surface area contributed by atoms with Crippen LogP contribution in [-0.2, 0) is 6.42 Å². The zero-order valence-corrected chi connectivity index (χ0v) is 13.7. The predicted octanol–water partition coefficient (Wildman–Crippen LogP) is 3.20. The van der Waals surface area contributed by atoms with Crippen molar-refractivity contribution in [3.05, 3.63) is 59.4 Å². The molecule has 23 heavy (non-hydrogen) atoms. The molecule has 0 unspecified atom stereocenters. The van der Waals surface area contributed by atoms with Crippen molar-refractivity contribution < 1.29 is 4.74 Å². The van der Waals surface area contributed by atoms with Crippen molar-refractivity contribution >= 4 is 5.71 Å². The van der Waals surface area contributed by atoms with Crippen LogP contribution in [0.4, 0.5) is 0 Å². The molecular weight excluding hydrogens is 286 g/mol. The molecule has 1 atom stereocenters. The van der Waals surface area contributed by atoms with Gasteiger partial charge in [-0.2, -0.15) is 0 Å². The van der Waals surface area contributed by atoms with Crippen molar-refractivity contribution in [2.24, 2.45) is 4.99 Å². The van der Waals surface area contributed by atoms with Crippen LogP contribution in [0.25, 0.3) is 0 Å². The fourth-order valence-electron chi connectivity index (χ4n) is 2.85. The van der Waals surface area contributed by atoms with Crippen LogP contribution >= 0.6 is 0 Å². The Labute approximate surface area is 137 Å². The smallest absolute Gasteiger partial charge is 0.119 e. The van der Waals surface area contributed by atoms with Gasteiger partial charge in [0.15, 0.2) is 0 Å². The van der Waals surface area contributed by atoms with Gasteiger partial charge in [0, 0.05) is 18.2 Å².